The van der Waals surface area contributed by atoms with Gasteiger partial charge in [0.25, 0.3) is 0 Å². The molecule has 1 aromatic rings. The molecule has 1 unspecified atom stereocenters. The third-order valence-corrected chi connectivity index (χ3v) is 6.12. The summed E-state index contributed by atoms with van der Waals surface area (Å²) >= 11 is 0. The van der Waals surface area contributed by atoms with Gasteiger partial charge in [0.15, 0.2) is 9.84 Å². The van der Waals surface area contributed by atoms with Crippen LogP contribution in [0.4, 0.5) is 0 Å². The van der Waals surface area contributed by atoms with Crippen molar-refractivity contribution in [3.8, 4) is 0 Å². The Labute approximate surface area is 158 Å². The number of sulfone groups is 1. The summed E-state index contributed by atoms with van der Waals surface area (Å²) in [5.74, 6) is 0.209. The number of benzene rings is 1. The van der Waals surface area contributed by atoms with Crippen LogP contribution in [0.15, 0.2) is 35.2 Å². The van der Waals surface area contributed by atoms with Gasteiger partial charge in [0, 0.05) is 26.2 Å². The van der Waals surface area contributed by atoms with Crippen molar-refractivity contribution in [1.82, 2.24) is 5.32 Å². The van der Waals surface area contributed by atoms with Crippen LogP contribution >= 0.6 is 0 Å². The molecule has 0 aliphatic rings. The molecule has 0 aliphatic carbocycles. The molecule has 0 bridgehead atoms. The maximum absolute atomic E-state index is 12.1. The van der Waals surface area contributed by atoms with Crippen LogP contribution in [0.2, 0.25) is 0 Å². The standard InChI is InChI=1S/C20H33NO4S/c1-3-5-10-18(4-2)17-25-15-9-14-21-20(22)13-16-26(23,24)19-11-7-6-8-12-19/h6-8,11-12,18H,3-5,9-10,13-17H2,1-2H3,(H,21,22). The van der Waals surface area contributed by atoms with Crippen molar-refractivity contribution in [3.63, 3.8) is 0 Å². The smallest absolute Gasteiger partial charge is 0.221 e. The van der Waals surface area contributed by atoms with E-state index in [1.807, 2.05) is 0 Å². The van der Waals surface area contributed by atoms with E-state index in [4.69, 9.17) is 4.74 Å². The zero-order valence-corrected chi connectivity index (χ0v) is 16.9. The lowest BCUT2D eigenvalue weighted by atomic mass is 10.0. The first-order chi connectivity index (χ1) is 12.5. The number of nitrogens with one attached hydrogen (secondary N) is 1. The number of ether oxygens (including phenoxy) is 1. The molecule has 26 heavy (non-hydrogen) atoms. The molecule has 1 rings (SSSR count). The molecule has 1 N–H and O–H groups in total. The van der Waals surface area contributed by atoms with E-state index >= 15 is 0 Å². The van der Waals surface area contributed by atoms with Crippen molar-refractivity contribution in [2.24, 2.45) is 5.92 Å². The van der Waals surface area contributed by atoms with Gasteiger partial charge >= 0.3 is 0 Å². The van der Waals surface area contributed by atoms with Crippen LogP contribution in [0.25, 0.3) is 0 Å². The number of carbonyl (C=O) groups is 1. The summed E-state index contributed by atoms with van der Waals surface area (Å²) in [5.41, 5.74) is 0. The third kappa shape index (κ3) is 9.34. The molecule has 0 spiro atoms. The van der Waals surface area contributed by atoms with Gasteiger partial charge in [-0.25, -0.2) is 8.42 Å². The minimum Gasteiger partial charge on any atom is -0.381 e. The lowest BCUT2D eigenvalue weighted by Gasteiger charge is -2.14. The normalized spacial score (nSPS) is 12.7. The zero-order chi connectivity index (χ0) is 19.3. The second-order valence-electron chi connectivity index (χ2n) is 6.58. The molecule has 0 aliphatic heterocycles. The summed E-state index contributed by atoms with van der Waals surface area (Å²) in [5, 5.41) is 2.76. The summed E-state index contributed by atoms with van der Waals surface area (Å²) in [6.07, 6.45) is 5.51. The van der Waals surface area contributed by atoms with Gasteiger partial charge in [-0.15, -0.1) is 0 Å². The topological polar surface area (TPSA) is 72.5 Å². The van der Waals surface area contributed by atoms with Gasteiger partial charge < -0.3 is 10.1 Å². The zero-order valence-electron chi connectivity index (χ0n) is 16.1. The molecule has 148 valence electrons. The Morgan fingerprint density at radius 3 is 2.54 bits per heavy atom. The number of rotatable bonds is 14. The van der Waals surface area contributed by atoms with Crippen molar-refractivity contribution in [2.45, 2.75) is 57.3 Å². The predicted octanol–water partition coefficient (Wildman–Crippen LogP) is 3.59. The number of hydrogen-bond donors (Lipinski definition) is 1. The molecule has 1 amide bonds. The lowest BCUT2D eigenvalue weighted by molar-refractivity contribution is -0.120. The van der Waals surface area contributed by atoms with Crippen molar-refractivity contribution in [2.75, 3.05) is 25.5 Å². The quantitative estimate of drug-likeness (QED) is 0.498. The Kier molecular flexibility index (Phi) is 11.2. The average molecular weight is 384 g/mol. The maximum atomic E-state index is 12.1. The Balaban J connectivity index is 2.13. The van der Waals surface area contributed by atoms with Gasteiger partial charge in [0.05, 0.1) is 10.6 Å². The second kappa shape index (κ2) is 12.9. The fourth-order valence-corrected chi connectivity index (χ4v) is 3.87. The van der Waals surface area contributed by atoms with E-state index in [0.29, 0.717) is 19.1 Å². The van der Waals surface area contributed by atoms with Crippen LogP contribution in [0.1, 0.15) is 52.4 Å². The maximum Gasteiger partial charge on any atom is 0.221 e. The third-order valence-electron chi connectivity index (χ3n) is 4.38. The Morgan fingerprint density at radius 1 is 1.15 bits per heavy atom. The van der Waals surface area contributed by atoms with Gasteiger partial charge in [-0.3, -0.25) is 4.79 Å². The fourth-order valence-electron chi connectivity index (χ4n) is 2.61. The van der Waals surface area contributed by atoms with Gasteiger partial charge in [-0.05, 0) is 30.9 Å². The first-order valence-corrected chi connectivity index (χ1v) is 11.3. The van der Waals surface area contributed by atoms with E-state index in [2.05, 4.69) is 19.2 Å². The summed E-state index contributed by atoms with van der Waals surface area (Å²) in [4.78, 5) is 12.1. The van der Waals surface area contributed by atoms with Crippen molar-refractivity contribution in [1.29, 1.82) is 0 Å². The van der Waals surface area contributed by atoms with Gasteiger partial charge in [-0.2, -0.15) is 0 Å². The number of carbonyl (C=O) groups excluding carboxylic acids is 1. The van der Waals surface area contributed by atoms with Crippen molar-refractivity contribution in [3.05, 3.63) is 30.3 Å². The van der Waals surface area contributed by atoms with E-state index in [1.54, 1.807) is 30.3 Å². The van der Waals surface area contributed by atoms with Crippen molar-refractivity contribution < 1.29 is 17.9 Å². The molecule has 1 atom stereocenters. The van der Waals surface area contributed by atoms with E-state index in [0.717, 1.165) is 19.4 Å². The van der Waals surface area contributed by atoms with Crippen molar-refractivity contribution >= 4 is 15.7 Å². The van der Waals surface area contributed by atoms with E-state index < -0.39 is 9.84 Å². The minimum atomic E-state index is -3.40. The van der Waals surface area contributed by atoms with Crippen LogP contribution in [0.5, 0.6) is 0 Å². The van der Waals surface area contributed by atoms with Gasteiger partial charge in [0.1, 0.15) is 0 Å². The second-order valence-corrected chi connectivity index (χ2v) is 8.69. The average Bonchev–Trinajstić information content (AvgIpc) is 2.66. The molecule has 0 saturated carbocycles. The first kappa shape index (κ1) is 22.6. The molecule has 0 radical (unpaired) electrons. The summed E-state index contributed by atoms with van der Waals surface area (Å²) in [6, 6.07) is 8.22. The molecule has 0 saturated heterocycles. The largest absolute Gasteiger partial charge is 0.381 e. The highest BCUT2D eigenvalue weighted by atomic mass is 32.2. The molecule has 5 nitrogen and oxygen atoms in total. The molecule has 1 aromatic carbocycles. The SMILES string of the molecule is CCCCC(CC)COCCCNC(=O)CCS(=O)(=O)c1ccccc1. The highest BCUT2D eigenvalue weighted by Crippen LogP contribution is 2.13. The van der Waals surface area contributed by atoms with Crippen LogP contribution in [-0.2, 0) is 19.4 Å². The summed E-state index contributed by atoms with van der Waals surface area (Å²) in [7, 11) is -3.40. The van der Waals surface area contributed by atoms with Gasteiger partial charge in [0.2, 0.25) is 5.91 Å². The molecular weight excluding hydrogens is 350 g/mol. The highest BCUT2D eigenvalue weighted by Gasteiger charge is 2.15. The van der Waals surface area contributed by atoms with E-state index in [1.165, 1.54) is 19.3 Å². The van der Waals surface area contributed by atoms with Gasteiger partial charge in [-0.1, -0.05) is 51.3 Å². The molecular formula is C20H33NO4S. The fraction of sp³-hybridized carbons (Fsp3) is 0.650. The Bertz CT molecular complexity index is 601. The molecule has 6 heteroatoms. The summed E-state index contributed by atoms with van der Waals surface area (Å²) < 4.78 is 29.9. The van der Waals surface area contributed by atoms with E-state index in [9.17, 15) is 13.2 Å². The molecule has 0 aromatic heterocycles. The summed E-state index contributed by atoms with van der Waals surface area (Å²) in [6.45, 7) is 6.29. The highest BCUT2D eigenvalue weighted by molar-refractivity contribution is 7.91. The van der Waals surface area contributed by atoms with Crippen LogP contribution in [0, 0.1) is 5.92 Å². The first-order valence-electron chi connectivity index (χ1n) is 9.61. The minimum absolute atomic E-state index is 0.0208. The number of amides is 1. The Hall–Kier alpha value is -1.40. The number of hydrogen-bond acceptors (Lipinski definition) is 4. The monoisotopic (exact) mass is 383 g/mol. The lowest BCUT2D eigenvalue weighted by Crippen LogP contribution is -2.27. The number of unbranched alkanes of at least 4 members (excludes halogenated alkanes) is 1. The van der Waals surface area contributed by atoms with Crippen LogP contribution < -0.4 is 5.32 Å². The molecule has 0 fully saturated rings. The molecule has 0 heterocycles. The Morgan fingerprint density at radius 2 is 1.88 bits per heavy atom. The predicted molar refractivity (Wildman–Crippen MR) is 105 cm³/mol. The van der Waals surface area contributed by atoms with Crippen LogP contribution in [0.3, 0.4) is 0 Å². The van der Waals surface area contributed by atoms with E-state index in [-0.39, 0.29) is 23.0 Å². The van der Waals surface area contributed by atoms with Crippen LogP contribution in [-0.4, -0.2) is 39.8 Å².